The summed E-state index contributed by atoms with van der Waals surface area (Å²) in [6, 6.07) is 8.21. The molecule has 1 aliphatic heterocycles. The normalized spacial score (nSPS) is 16.2. The third-order valence-corrected chi connectivity index (χ3v) is 4.29. The van der Waals surface area contributed by atoms with Gasteiger partial charge in [0.2, 0.25) is 5.91 Å². The topological polar surface area (TPSA) is 37.4 Å². The molecule has 1 aromatic carbocycles. The van der Waals surface area contributed by atoms with Gasteiger partial charge in [-0.15, -0.1) is 0 Å². The van der Waals surface area contributed by atoms with Crippen molar-refractivity contribution in [2.24, 2.45) is 5.92 Å². The van der Waals surface area contributed by atoms with E-state index in [1.54, 1.807) is 6.92 Å². The number of piperidine rings is 1. The van der Waals surface area contributed by atoms with Crippen molar-refractivity contribution >= 4 is 11.7 Å². The molecule has 1 aliphatic rings. The van der Waals surface area contributed by atoms with E-state index in [0.29, 0.717) is 6.42 Å². The summed E-state index contributed by atoms with van der Waals surface area (Å²) < 4.78 is 0. The SMILES string of the molecule is CC(=O)C1CCN(C(=O)CCc2ccccc2C)CC1. The van der Waals surface area contributed by atoms with Crippen molar-refractivity contribution in [3.8, 4) is 0 Å². The molecule has 0 spiro atoms. The highest BCUT2D eigenvalue weighted by Crippen LogP contribution is 2.19. The van der Waals surface area contributed by atoms with Gasteiger partial charge in [-0.2, -0.15) is 0 Å². The Bertz CT molecular complexity index is 488. The second-order valence-electron chi connectivity index (χ2n) is 5.69. The predicted molar refractivity (Wildman–Crippen MR) is 79.5 cm³/mol. The van der Waals surface area contributed by atoms with Crippen LogP contribution in [0, 0.1) is 12.8 Å². The first-order valence-corrected chi connectivity index (χ1v) is 7.40. The minimum Gasteiger partial charge on any atom is -0.343 e. The summed E-state index contributed by atoms with van der Waals surface area (Å²) in [6.45, 7) is 5.20. The third kappa shape index (κ3) is 3.69. The smallest absolute Gasteiger partial charge is 0.222 e. The fraction of sp³-hybridized carbons (Fsp3) is 0.529. The average molecular weight is 273 g/mol. The van der Waals surface area contributed by atoms with Gasteiger partial charge in [-0.1, -0.05) is 24.3 Å². The molecule has 1 aromatic rings. The molecule has 3 nitrogen and oxygen atoms in total. The molecule has 1 heterocycles. The number of likely N-dealkylation sites (tertiary alicyclic amines) is 1. The second kappa shape index (κ2) is 6.69. The number of aryl methyl sites for hydroxylation is 2. The number of nitrogens with zero attached hydrogens (tertiary/aromatic N) is 1. The van der Waals surface area contributed by atoms with Crippen molar-refractivity contribution in [2.75, 3.05) is 13.1 Å². The Morgan fingerprint density at radius 1 is 1.20 bits per heavy atom. The van der Waals surface area contributed by atoms with Gasteiger partial charge in [0.15, 0.2) is 0 Å². The standard InChI is InChI=1S/C17H23NO2/c1-13-5-3-4-6-15(13)7-8-17(20)18-11-9-16(10-12-18)14(2)19/h3-6,16H,7-12H2,1-2H3. The summed E-state index contributed by atoms with van der Waals surface area (Å²) in [6.07, 6.45) is 3.02. The maximum Gasteiger partial charge on any atom is 0.222 e. The lowest BCUT2D eigenvalue weighted by Gasteiger charge is -2.31. The van der Waals surface area contributed by atoms with Gasteiger partial charge in [0.25, 0.3) is 0 Å². The molecule has 1 fully saturated rings. The van der Waals surface area contributed by atoms with Crippen molar-refractivity contribution in [2.45, 2.75) is 39.5 Å². The molecule has 0 aliphatic carbocycles. The summed E-state index contributed by atoms with van der Waals surface area (Å²) in [5, 5.41) is 0. The van der Waals surface area contributed by atoms with Crippen molar-refractivity contribution in [3.63, 3.8) is 0 Å². The first kappa shape index (κ1) is 14.8. The molecule has 0 unspecified atom stereocenters. The van der Waals surface area contributed by atoms with E-state index in [-0.39, 0.29) is 17.6 Å². The summed E-state index contributed by atoms with van der Waals surface area (Å²) in [5.74, 6) is 0.641. The highest BCUT2D eigenvalue weighted by atomic mass is 16.2. The highest BCUT2D eigenvalue weighted by molar-refractivity contribution is 5.79. The van der Waals surface area contributed by atoms with E-state index in [2.05, 4.69) is 19.1 Å². The predicted octanol–water partition coefficient (Wildman–Crippen LogP) is 2.76. The van der Waals surface area contributed by atoms with E-state index >= 15 is 0 Å². The molecular formula is C17H23NO2. The molecule has 0 aromatic heterocycles. The van der Waals surface area contributed by atoms with Gasteiger partial charge in [-0.25, -0.2) is 0 Å². The van der Waals surface area contributed by atoms with Crippen LogP contribution in [0.1, 0.15) is 37.3 Å². The number of ketones is 1. The number of Topliss-reactive ketones (excluding diaryl/α,β-unsaturated/α-hetero) is 1. The van der Waals surface area contributed by atoms with Gasteiger partial charge in [0.1, 0.15) is 5.78 Å². The Labute approximate surface area is 121 Å². The second-order valence-corrected chi connectivity index (χ2v) is 5.69. The van der Waals surface area contributed by atoms with Crippen molar-refractivity contribution in [1.29, 1.82) is 0 Å². The van der Waals surface area contributed by atoms with Crippen molar-refractivity contribution < 1.29 is 9.59 Å². The van der Waals surface area contributed by atoms with Gasteiger partial charge >= 0.3 is 0 Å². The number of rotatable bonds is 4. The Kier molecular flexibility index (Phi) is 4.94. The van der Waals surface area contributed by atoms with Crippen LogP contribution in [0.4, 0.5) is 0 Å². The van der Waals surface area contributed by atoms with E-state index in [1.807, 2.05) is 17.0 Å². The van der Waals surface area contributed by atoms with Crippen LogP contribution in [0.15, 0.2) is 24.3 Å². The summed E-state index contributed by atoms with van der Waals surface area (Å²) in [5.41, 5.74) is 2.50. The van der Waals surface area contributed by atoms with Crippen LogP contribution in [0.25, 0.3) is 0 Å². The monoisotopic (exact) mass is 273 g/mol. The minimum absolute atomic E-state index is 0.162. The van der Waals surface area contributed by atoms with Gasteiger partial charge < -0.3 is 4.90 Å². The van der Waals surface area contributed by atoms with Gasteiger partial charge in [0.05, 0.1) is 0 Å². The van der Waals surface area contributed by atoms with E-state index < -0.39 is 0 Å². The largest absolute Gasteiger partial charge is 0.343 e. The first-order valence-electron chi connectivity index (χ1n) is 7.40. The van der Waals surface area contributed by atoms with Crippen LogP contribution in [0.5, 0.6) is 0 Å². The molecule has 1 amide bonds. The Morgan fingerprint density at radius 2 is 1.85 bits per heavy atom. The highest BCUT2D eigenvalue weighted by Gasteiger charge is 2.24. The molecule has 0 atom stereocenters. The van der Waals surface area contributed by atoms with Gasteiger partial charge in [0, 0.05) is 25.4 Å². The Hall–Kier alpha value is -1.64. The van der Waals surface area contributed by atoms with Gasteiger partial charge in [-0.3, -0.25) is 9.59 Å². The summed E-state index contributed by atoms with van der Waals surface area (Å²) in [7, 11) is 0. The molecule has 108 valence electrons. The lowest BCUT2D eigenvalue weighted by atomic mass is 9.93. The van der Waals surface area contributed by atoms with E-state index in [0.717, 1.165) is 32.4 Å². The van der Waals surface area contributed by atoms with Crippen LogP contribution in [0.2, 0.25) is 0 Å². The molecule has 2 rings (SSSR count). The molecule has 1 saturated heterocycles. The van der Waals surface area contributed by atoms with Crippen LogP contribution < -0.4 is 0 Å². The van der Waals surface area contributed by atoms with Crippen LogP contribution in [0.3, 0.4) is 0 Å². The van der Waals surface area contributed by atoms with Crippen molar-refractivity contribution in [3.05, 3.63) is 35.4 Å². The Balaban J connectivity index is 1.82. The van der Waals surface area contributed by atoms with Gasteiger partial charge in [-0.05, 0) is 44.2 Å². The van der Waals surface area contributed by atoms with Crippen LogP contribution in [-0.2, 0) is 16.0 Å². The number of carbonyl (C=O) groups excluding carboxylic acids is 2. The lowest BCUT2D eigenvalue weighted by Crippen LogP contribution is -2.40. The average Bonchev–Trinajstić information content (AvgIpc) is 2.46. The van der Waals surface area contributed by atoms with E-state index in [1.165, 1.54) is 11.1 Å². The van der Waals surface area contributed by atoms with Crippen LogP contribution in [-0.4, -0.2) is 29.7 Å². The molecule has 0 saturated carbocycles. The zero-order valence-corrected chi connectivity index (χ0v) is 12.4. The molecule has 0 radical (unpaired) electrons. The number of hydrogen-bond acceptors (Lipinski definition) is 2. The molecule has 0 bridgehead atoms. The van der Waals surface area contributed by atoms with Crippen LogP contribution >= 0.6 is 0 Å². The number of amides is 1. The summed E-state index contributed by atoms with van der Waals surface area (Å²) >= 11 is 0. The number of hydrogen-bond donors (Lipinski definition) is 0. The minimum atomic E-state index is 0.162. The fourth-order valence-electron chi connectivity index (χ4n) is 2.83. The zero-order valence-electron chi connectivity index (χ0n) is 12.4. The fourth-order valence-corrected chi connectivity index (χ4v) is 2.83. The maximum absolute atomic E-state index is 12.2. The molecule has 20 heavy (non-hydrogen) atoms. The number of carbonyl (C=O) groups is 2. The zero-order chi connectivity index (χ0) is 14.5. The molecule has 3 heteroatoms. The molecular weight excluding hydrogens is 250 g/mol. The maximum atomic E-state index is 12.2. The Morgan fingerprint density at radius 3 is 2.45 bits per heavy atom. The number of benzene rings is 1. The van der Waals surface area contributed by atoms with Crippen molar-refractivity contribution in [1.82, 2.24) is 4.90 Å². The quantitative estimate of drug-likeness (QED) is 0.846. The summed E-state index contributed by atoms with van der Waals surface area (Å²) in [4.78, 5) is 25.4. The lowest BCUT2D eigenvalue weighted by molar-refractivity contribution is -0.134. The first-order chi connectivity index (χ1) is 9.58. The van der Waals surface area contributed by atoms with E-state index in [4.69, 9.17) is 0 Å². The van der Waals surface area contributed by atoms with E-state index in [9.17, 15) is 9.59 Å². The third-order valence-electron chi connectivity index (χ3n) is 4.29. The molecule has 0 N–H and O–H groups in total.